The number of hydrogen-bond acceptors (Lipinski definition) is 2. The van der Waals surface area contributed by atoms with Crippen LogP contribution in [0.5, 0.6) is 0 Å². The van der Waals surface area contributed by atoms with Gasteiger partial charge in [-0.25, -0.2) is 0 Å². The lowest BCUT2D eigenvalue weighted by Crippen LogP contribution is -2.34. The van der Waals surface area contributed by atoms with Crippen LogP contribution in [0.2, 0.25) is 0 Å². The van der Waals surface area contributed by atoms with E-state index in [-0.39, 0.29) is 6.10 Å². The molecule has 1 N–H and O–H groups in total. The number of hydrogen-bond donors (Lipinski definition) is 1. The summed E-state index contributed by atoms with van der Waals surface area (Å²) in [4.78, 5) is 2.23. The Bertz CT molecular complexity index is 136. The molecule has 2 nitrogen and oxygen atoms in total. The van der Waals surface area contributed by atoms with Gasteiger partial charge in [0, 0.05) is 6.54 Å². The van der Waals surface area contributed by atoms with Crippen LogP contribution in [0.3, 0.4) is 0 Å². The molecule has 0 radical (unpaired) electrons. The van der Waals surface area contributed by atoms with Crippen molar-refractivity contribution in [3.8, 4) is 0 Å². The second-order valence-electron chi connectivity index (χ2n) is 4.90. The fraction of sp³-hybridized carbons (Fsp3) is 1.00. The van der Waals surface area contributed by atoms with Gasteiger partial charge in [0.25, 0.3) is 0 Å². The molecule has 2 unspecified atom stereocenters. The van der Waals surface area contributed by atoms with Crippen LogP contribution in [-0.4, -0.2) is 36.2 Å². The van der Waals surface area contributed by atoms with Crippen molar-refractivity contribution in [3.05, 3.63) is 0 Å². The maximum atomic E-state index is 9.81. The van der Waals surface area contributed by atoms with Gasteiger partial charge in [-0.3, -0.25) is 0 Å². The second-order valence-corrected chi connectivity index (χ2v) is 4.90. The molecule has 0 aliphatic carbocycles. The van der Waals surface area contributed by atoms with Gasteiger partial charge in [-0.2, -0.15) is 0 Å². The van der Waals surface area contributed by atoms with E-state index in [4.69, 9.17) is 0 Å². The molecule has 14 heavy (non-hydrogen) atoms. The van der Waals surface area contributed by atoms with Crippen LogP contribution >= 0.6 is 0 Å². The first-order valence-corrected chi connectivity index (χ1v) is 5.84. The number of aliphatic hydroxyl groups excluding tert-OH is 1. The summed E-state index contributed by atoms with van der Waals surface area (Å²) in [7, 11) is 2.09. The zero-order valence-corrected chi connectivity index (χ0v) is 10.5. The summed E-state index contributed by atoms with van der Waals surface area (Å²) in [6.07, 6.45) is 2.10. The van der Waals surface area contributed by atoms with Crippen molar-refractivity contribution in [2.75, 3.05) is 20.1 Å². The van der Waals surface area contributed by atoms with E-state index in [1.807, 2.05) is 0 Å². The van der Waals surface area contributed by atoms with E-state index in [9.17, 15) is 5.11 Å². The first kappa shape index (κ1) is 13.9. The maximum absolute atomic E-state index is 9.81. The van der Waals surface area contributed by atoms with E-state index < -0.39 is 0 Å². The predicted molar refractivity (Wildman–Crippen MR) is 62.4 cm³/mol. The Morgan fingerprint density at radius 2 is 1.79 bits per heavy atom. The molecule has 0 saturated heterocycles. The molecular formula is C12H27NO. The zero-order chi connectivity index (χ0) is 11.1. The molecule has 0 spiro atoms. The second kappa shape index (κ2) is 7.24. The van der Waals surface area contributed by atoms with Crippen molar-refractivity contribution < 1.29 is 5.11 Å². The van der Waals surface area contributed by atoms with Gasteiger partial charge in [-0.15, -0.1) is 0 Å². The Labute approximate surface area is 89.3 Å². The third-order valence-electron chi connectivity index (χ3n) is 2.89. The highest BCUT2D eigenvalue weighted by Gasteiger charge is 2.14. The van der Waals surface area contributed by atoms with Gasteiger partial charge in [0.1, 0.15) is 0 Å². The molecule has 2 heteroatoms. The van der Waals surface area contributed by atoms with Gasteiger partial charge in [0.05, 0.1) is 6.10 Å². The molecule has 0 aromatic rings. The lowest BCUT2D eigenvalue weighted by atomic mass is 10.0. The summed E-state index contributed by atoms with van der Waals surface area (Å²) in [6, 6.07) is 0. The van der Waals surface area contributed by atoms with Crippen molar-refractivity contribution in [1.82, 2.24) is 4.90 Å². The van der Waals surface area contributed by atoms with Crippen molar-refractivity contribution >= 4 is 0 Å². The van der Waals surface area contributed by atoms with Crippen LogP contribution in [0, 0.1) is 11.8 Å². The van der Waals surface area contributed by atoms with Crippen molar-refractivity contribution in [2.24, 2.45) is 11.8 Å². The molecule has 0 fully saturated rings. The zero-order valence-electron chi connectivity index (χ0n) is 10.5. The lowest BCUT2D eigenvalue weighted by molar-refractivity contribution is 0.0763. The number of rotatable bonds is 7. The van der Waals surface area contributed by atoms with Gasteiger partial charge >= 0.3 is 0 Å². The smallest absolute Gasteiger partial charge is 0.0692 e. The van der Waals surface area contributed by atoms with Gasteiger partial charge in [-0.1, -0.05) is 34.1 Å². The fourth-order valence-corrected chi connectivity index (χ4v) is 1.34. The lowest BCUT2D eigenvalue weighted by Gasteiger charge is -2.24. The van der Waals surface area contributed by atoms with Crippen LogP contribution in [-0.2, 0) is 0 Å². The summed E-state index contributed by atoms with van der Waals surface area (Å²) < 4.78 is 0. The highest BCUT2D eigenvalue weighted by Crippen LogP contribution is 2.09. The van der Waals surface area contributed by atoms with E-state index in [2.05, 4.69) is 39.6 Å². The van der Waals surface area contributed by atoms with E-state index >= 15 is 0 Å². The topological polar surface area (TPSA) is 23.5 Å². The largest absolute Gasteiger partial charge is 0.392 e. The Morgan fingerprint density at radius 1 is 1.21 bits per heavy atom. The molecule has 0 amide bonds. The summed E-state index contributed by atoms with van der Waals surface area (Å²) in [5.41, 5.74) is 0. The Morgan fingerprint density at radius 3 is 2.21 bits per heavy atom. The first-order chi connectivity index (χ1) is 6.47. The summed E-state index contributed by atoms with van der Waals surface area (Å²) >= 11 is 0. The molecule has 86 valence electrons. The molecule has 2 atom stereocenters. The van der Waals surface area contributed by atoms with E-state index in [0.29, 0.717) is 5.92 Å². The molecule has 0 aromatic heterocycles. The van der Waals surface area contributed by atoms with Crippen LogP contribution < -0.4 is 0 Å². The number of likely N-dealkylation sites (N-methyl/N-ethyl adjacent to an activating group) is 1. The Hall–Kier alpha value is -0.0800. The third kappa shape index (κ3) is 6.39. The minimum Gasteiger partial charge on any atom is -0.392 e. The average Bonchev–Trinajstić information content (AvgIpc) is 2.13. The highest BCUT2D eigenvalue weighted by atomic mass is 16.3. The molecule has 0 aliphatic heterocycles. The van der Waals surface area contributed by atoms with Crippen LogP contribution in [0.15, 0.2) is 0 Å². The third-order valence-corrected chi connectivity index (χ3v) is 2.89. The van der Waals surface area contributed by atoms with Crippen molar-refractivity contribution in [2.45, 2.75) is 46.6 Å². The van der Waals surface area contributed by atoms with Crippen LogP contribution in [0.1, 0.15) is 40.5 Å². The quantitative estimate of drug-likeness (QED) is 0.683. The van der Waals surface area contributed by atoms with Gasteiger partial charge < -0.3 is 10.0 Å². The first-order valence-electron chi connectivity index (χ1n) is 5.84. The van der Waals surface area contributed by atoms with E-state index in [0.717, 1.165) is 25.4 Å². The number of aliphatic hydroxyl groups is 1. The minimum absolute atomic E-state index is 0.169. The van der Waals surface area contributed by atoms with Crippen LogP contribution in [0.25, 0.3) is 0 Å². The van der Waals surface area contributed by atoms with E-state index in [1.54, 1.807) is 0 Å². The maximum Gasteiger partial charge on any atom is 0.0692 e. The number of nitrogens with zero attached hydrogens (tertiary/aromatic N) is 1. The van der Waals surface area contributed by atoms with Crippen molar-refractivity contribution in [1.29, 1.82) is 0 Å². The SMILES string of the molecule is CCC(C)C(O)CN(C)CCC(C)C. The van der Waals surface area contributed by atoms with Crippen molar-refractivity contribution in [3.63, 3.8) is 0 Å². The Kier molecular flexibility index (Phi) is 7.20. The summed E-state index contributed by atoms with van der Waals surface area (Å²) in [5.74, 6) is 1.16. The predicted octanol–water partition coefficient (Wildman–Crippen LogP) is 2.37. The fourth-order valence-electron chi connectivity index (χ4n) is 1.34. The van der Waals surface area contributed by atoms with Gasteiger partial charge in [-0.05, 0) is 31.8 Å². The molecule has 0 aliphatic rings. The molecule has 0 saturated carbocycles. The van der Waals surface area contributed by atoms with E-state index in [1.165, 1.54) is 6.42 Å². The molecule has 0 heterocycles. The van der Waals surface area contributed by atoms with Gasteiger partial charge in [0.15, 0.2) is 0 Å². The monoisotopic (exact) mass is 201 g/mol. The minimum atomic E-state index is -0.169. The molecule has 0 rings (SSSR count). The average molecular weight is 201 g/mol. The summed E-state index contributed by atoms with van der Waals surface area (Å²) in [6.45, 7) is 10.6. The Balaban J connectivity index is 3.65. The molecule has 0 bridgehead atoms. The normalized spacial score (nSPS) is 16.3. The van der Waals surface area contributed by atoms with Crippen LogP contribution in [0.4, 0.5) is 0 Å². The molecule has 0 aromatic carbocycles. The standard InChI is InChI=1S/C12H27NO/c1-6-11(4)12(14)9-13(5)8-7-10(2)3/h10-12,14H,6-9H2,1-5H3. The summed E-state index contributed by atoms with van der Waals surface area (Å²) in [5, 5.41) is 9.81. The highest BCUT2D eigenvalue weighted by molar-refractivity contribution is 4.67. The van der Waals surface area contributed by atoms with Gasteiger partial charge in [0.2, 0.25) is 0 Å². The molecular weight excluding hydrogens is 174 g/mol.